The minimum atomic E-state index is -5.09. The Kier molecular flexibility index (Phi) is 2.65. The quantitative estimate of drug-likeness (QED) is 0.531. The maximum Gasteiger partial charge on any atom is 0.267 e. The van der Waals surface area contributed by atoms with E-state index in [9.17, 15) is 18.0 Å². The highest BCUT2D eigenvalue weighted by Crippen LogP contribution is 2.29. The molecule has 158 valence electrons. The number of hydrogen-bond donors (Lipinski definition) is 2. The van der Waals surface area contributed by atoms with Gasteiger partial charge in [-0.25, -0.2) is 13.1 Å². The lowest BCUT2D eigenvalue weighted by atomic mass is 10.0. The SMILES string of the molecule is [2H]N(C(=O)c1sccc1S(=O)(=O)N([2H])c1onc(C([2H])([2H])[2H])c1C)c1c(C(=O)C([2H])([2H])[2H])cc(C([2H])([2H])[2H])cc1C([2H])([2H])[2H]. The maximum atomic E-state index is 13.6. The van der Waals surface area contributed by atoms with Crippen LogP contribution in [0.2, 0.25) is 2.82 Å². The number of hydrogen-bond acceptors (Lipinski definition) is 7. The van der Waals surface area contributed by atoms with Crippen LogP contribution in [0, 0.1) is 27.5 Å². The molecule has 2 N–H and O–H groups in total. The summed E-state index contributed by atoms with van der Waals surface area (Å²) in [6.07, 6.45) is 0. The Labute approximate surface area is 198 Å². The highest BCUT2D eigenvalue weighted by atomic mass is 32.2. The zero-order valence-electron chi connectivity index (χ0n) is 29.0. The summed E-state index contributed by atoms with van der Waals surface area (Å²) >= 11 is 0.411. The summed E-state index contributed by atoms with van der Waals surface area (Å²) in [6, 6.07) is 1.93. The van der Waals surface area contributed by atoms with Crippen molar-refractivity contribution in [2.75, 3.05) is 10.0 Å². The smallest absolute Gasteiger partial charge is 0.267 e. The Bertz CT molecular complexity index is 1720. The fourth-order valence-corrected chi connectivity index (χ4v) is 4.57. The topological polar surface area (TPSA) is 118 Å². The van der Waals surface area contributed by atoms with Gasteiger partial charge < -0.3 is 9.83 Å². The van der Waals surface area contributed by atoms with Crippen molar-refractivity contribution in [1.29, 1.82) is 0 Å². The maximum absolute atomic E-state index is 13.6. The van der Waals surface area contributed by atoms with Gasteiger partial charge in [0, 0.05) is 27.6 Å². The van der Waals surface area contributed by atoms with Gasteiger partial charge in [-0.15, -0.1) is 11.3 Å². The van der Waals surface area contributed by atoms with E-state index in [1.807, 2.05) is 0 Å². The van der Waals surface area contributed by atoms with Crippen LogP contribution >= 0.6 is 11.3 Å². The molecule has 0 saturated heterocycles. The van der Waals surface area contributed by atoms with E-state index in [4.69, 9.17) is 23.8 Å². The molecule has 3 aromatic rings. The molecule has 8 nitrogen and oxygen atoms in total. The third kappa shape index (κ3) is 4.14. The van der Waals surface area contributed by atoms with Gasteiger partial charge in [0.05, 0.1) is 11.4 Å². The summed E-state index contributed by atoms with van der Waals surface area (Å²) in [4.78, 5) is 24.7. The summed E-state index contributed by atoms with van der Waals surface area (Å²) in [5, 5.41) is 4.11. The Balaban J connectivity index is 2.23. The van der Waals surface area contributed by atoms with Gasteiger partial charge in [-0.3, -0.25) is 9.59 Å². The molecule has 0 fully saturated rings. The van der Waals surface area contributed by atoms with E-state index in [1.54, 1.807) is 0 Å². The predicted octanol–water partition coefficient (Wildman–Crippen LogP) is 4.23. The molecule has 0 aliphatic heterocycles. The molecule has 30 heavy (non-hydrogen) atoms. The van der Waals surface area contributed by atoms with Crippen molar-refractivity contribution in [1.82, 2.24) is 5.16 Å². The number of aromatic nitrogens is 1. The molecule has 1 amide bonds. The Morgan fingerprint density at radius 3 is 2.77 bits per heavy atom. The van der Waals surface area contributed by atoms with E-state index >= 15 is 0 Å². The number of carbonyl (C=O) groups is 2. The Morgan fingerprint density at radius 2 is 2.10 bits per heavy atom. The minimum Gasteiger partial charge on any atom is -0.337 e. The first kappa shape index (κ1) is 9.88. The summed E-state index contributed by atoms with van der Waals surface area (Å²) in [6.45, 7) is -11.6. The van der Waals surface area contributed by atoms with Crippen LogP contribution in [-0.4, -0.2) is 25.3 Å². The second kappa shape index (κ2) is 8.04. The molecule has 0 aliphatic rings. The van der Waals surface area contributed by atoms with Crippen LogP contribution in [0.4, 0.5) is 11.6 Å². The van der Waals surface area contributed by atoms with E-state index in [0.717, 1.165) is 18.4 Å². The van der Waals surface area contributed by atoms with Gasteiger partial charge in [0.1, 0.15) is 9.77 Å². The third-order valence-corrected chi connectivity index (χ3v) is 6.11. The second-order valence-corrected chi connectivity index (χ2v) is 8.30. The van der Waals surface area contributed by atoms with Gasteiger partial charge in [0.25, 0.3) is 15.9 Å². The zero-order chi connectivity index (χ0) is 34.0. The number of sulfonamides is 1. The fourth-order valence-electron chi connectivity index (χ4n) is 2.31. The first-order valence-electron chi connectivity index (χ1n) is 14.8. The second-order valence-electron chi connectivity index (χ2n) is 5.81. The standard InChI is InChI=1S/C20H21N3O5S2/c1-10-8-11(2)17(15(9-10)14(5)24)21-19(25)18-16(6-7-29-18)30(26,27)23-20-12(3)13(4)22-28-20/h6-9,23H,1-5H3,(H,21,25)/i1D3,2D3,4D3,5D3/hD2. The van der Waals surface area contributed by atoms with E-state index < -0.39 is 92.8 Å². The molecule has 2 aromatic heterocycles. The lowest BCUT2D eigenvalue weighted by Gasteiger charge is -2.14. The highest BCUT2D eigenvalue weighted by Gasteiger charge is 2.27. The number of aryl methyl sites for hydroxylation is 3. The normalized spacial score (nSPS) is 19.9. The van der Waals surface area contributed by atoms with Crippen molar-refractivity contribution in [2.24, 2.45) is 0 Å². The molecular formula is C20H21N3O5S2. The zero-order valence-corrected chi connectivity index (χ0v) is 16.6. The number of ketones is 1. The number of nitrogens with one attached hydrogen (secondary N) is 2. The molecule has 0 spiro atoms. The lowest BCUT2D eigenvalue weighted by Crippen LogP contribution is -2.20. The fraction of sp³-hybridized carbons (Fsp3) is 0.250. The summed E-state index contributed by atoms with van der Waals surface area (Å²) < 4.78 is 139. The van der Waals surface area contributed by atoms with Crippen molar-refractivity contribution in [3.05, 3.63) is 56.4 Å². The van der Waals surface area contributed by atoms with E-state index in [1.165, 1.54) is 0 Å². The molecule has 0 bridgehead atoms. The molecule has 0 atom stereocenters. The van der Waals surface area contributed by atoms with Crippen molar-refractivity contribution in [2.45, 2.75) is 39.2 Å². The highest BCUT2D eigenvalue weighted by molar-refractivity contribution is 7.93. The Morgan fingerprint density at radius 1 is 1.27 bits per heavy atom. The number of thiophene rings is 1. The third-order valence-electron chi connectivity index (χ3n) is 3.77. The summed E-state index contributed by atoms with van der Waals surface area (Å²) in [5.41, 5.74) is -5.05. The number of carbonyl (C=O) groups excluding carboxylic acids is 2. The molecule has 3 rings (SSSR count). The van der Waals surface area contributed by atoms with Crippen LogP contribution < -0.4 is 10.0 Å². The molecule has 0 saturated carbocycles. The van der Waals surface area contributed by atoms with Crippen molar-refractivity contribution < 1.29 is 41.8 Å². The first-order valence-corrected chi connectivity index (χ1v) is 10.2. The summed E-state index contributed by atoms with van der Waals surface area (Å²) in [7, 11) is -5.09. The molecular weight excluding hydrogens is 426 g/mol. The van der Waals surface area contributed by atoms with Crippen LogP contribution in [0.3, 0.4) is 0 Å². The number of Topliss-reactive ketones (excluding diaryl/α,β-unsaturated/α-hetero) is 1. The van der Waals surface area contributed by atoms with Gasteiger partial charge in [-0.1, -0.05) is 11.2 Å². The van der Waals surface area contributed by atoms with Gasteiger partial charge in [0.15, 0.2) is 8.61 Å². The van der Waals surface area contributed by atoms with Crippen molar-refractivity contribution in [3.8, 4) is 0 Å². The number of rotatable bonds is 6. The van der Waals surface area contributed by atoms with Gasteiger partial charge >= 0.3 is 0 Å². The van der Waals surface area contributed by atoms with Crippen LogP contribution in [0.5, 0.6) is 0 Å². The number of amides is 1. The number of nitrogens with zero attached hydrogens (tertiary/aromatic N) is 1. The lowest BCUT2D eigenvalue weighted by molar-refractivity contribution is 0.101. The molecule has 2 heterocycles. The molecule has 0 radical (unpaired) electrons. The number of anilines is 2. The van der Waals surface area contributed by atoms with Gasteiger partial charge in [-0.05, 0) is 63.0 Å². The monoisotopic (exact) mass is 461 g/mol. The number of benzene rings is 1. The average Bonchev–Trinajstić information content (AvgIpc) is 3.51. The molecule has 0 aliphatic carbocycles. The van der Waals surface area contributed by atoms with Crippen LogP contribution in [0.25, 0.3) is 0 Å². The van der Waals surface area contributed by atoms with Gasteiger partial charge in [0.2, 0.25) is 5.88 Å². The van der Waals surface area contributed by atoms with E-state index in [2.05, 4.69) is 5.16 Å². The van der Waals surface area contributed by atoms with Crippen molar-refractivity contribution in [3.63, 3.8) is 0 Å². The van der Waals surface area contributed by atoms with Crippen LogP contribution in [0.15, 0.2) is 33.0 Å². The largest absolute Gasteiger partial charge is 0.337 e. The average molecular weight is 462 g/mol. The van der Waals surface area contributed by atoms with Gasteiger partial charge in [-0.2, -0.15) is 0 Å². The summed E-state index contributed by atoms with van der Waals surface area (Å²) in [5.74, 6) is -4.23. The minimum absolute atomic E-state index is 0.241. The predicted molar refractivity (Wildman–Crippen MR) is 115 cm³/mol. The molecule has 0 unspecified atom stereocenters. The Hall–Kier alpha value is -2.98. The molecule has 1 aromatic carbocycles. The van der Waals surface area contributed by atoms with Crippen LogP contribution in [-0.2, 0) is 10.0 Å². The first-order chi connectivity index (χ1) is 19.7. The van der Waals surface area contributed by atoms with E-state index in [0.29, 0.717) is 23.5 Å². The molecule has 10 heteroatoms. The van der Waals surface area contributed by atoms with Crippen molar-refractivity contribution >= 4 is 44.6 Å². The van der Waals surface area contributed by atoms with E-state index in [-0.39, 0.29) is 15.6 Å². The van der Waals surface area contributed by atoms with Crippen LogP contribution in [0.1, 0.15) is 65.7 Å².